The summed E-state index contributed by atoms with van der Waals surface area (Å²) in [5, 5.41) is 6.57. The van der Waals surface area contributed by atoms with Gasteiger partial charge in [0.25, 0.3) is 0 Å². The Morgan fingerprint density at radius 2 is 1.77 bits per heavy atom. The molecule has 1 rings (SSSR count). The van der Waals surface area contributed by atoms with Gasteiger partial charge in [-0.3, -0.25) is 4.79 Å². The maximum atomic E-state index is 9.82. The number of rotatable bonds is 1. The average Bonchev–Trinajstić information content (AvgIpc) is 2.35. The summed E-state index contributed by atoms with van der Waals surface area (Å²) in [5.41, 5.74) is 0. The van der Waals surface area contributed by atoms with Crippen LogP contribution in [0.25, 0.3) is 0 Å². The Morgan fingerprint density at radius 3 is 2.08 bits per heavy atom. The first-order chi connectivity index (χ1) is 6.27. The van der Waals surface area contributed by atoms with E-state index >= 15 is 0 Å². The minimum atomic E-state index is -0.211. The Balaban J connectivity index is 0.000000226. The summed E-state index contributed by atoms with van der Waals surface area (Å²) in [5.74, 6) is -0.211. The number of nitrogens with one attached hydrogen (secondary N) is 2. The molecule has 0 unspecified atom stereocenters. The van der Waals surface area contributed by atoms with Gasteiger partial charge in [0.1, 0.15) is 0 Å². The Hall–Kier alpha value is -0.610. The van der Waals surface area contributed by atoms with Crippen LogP contribution in [0, 0.1) is 0 Å². The highest BCUT2D eigenvalue weighted by molar-refractivity contribution is 5.65. The molecule has 0 aromatic heterocycles. The van der Waals surface area contributed by atoms with Crippen molar-refractivity contribution in [2.45, 2.75) is 20.3 Å². The molecule has 0 saturated carbocycles. The van der Waals surface area contributed by atoms with Gasteiger partial charge in [0.2, 0.25) is 0 Å². The largest absolute Gasteiger partial charge is 0.466 e. The van der Waals surface area contributed by atoms with Gasteiger partial charge in [-0.25, -0.2) is 0 Å². The predicted molar refractivity (Wildman–Crippen MR) is 52.7 cm³/mol. The van der Waals surface area contributed by atoms with Crippen molar-refractivity contribution in [2.24, 2.45) is 0 Å². The first kappa shape index (κ1) is 12.4. The fraction of sp³-hybridized carbons (Fsp3) is 0.889. The lowest BCUT2D eigenvalue weighted by Crippen LogP contribution is -2.21. The van der Waals surface area contributed by atoms with Crippen LogP contribution < -0.4 is 10.6 Å². The van der Waals surface area contributed by atoms with E-state index in [4.69, 9.17) is 0 Å². The number of carbonyl (C=O) groups excluding carboxylic acids is 1. The van der Waals surface area contributed by atoms with Gasteiger partial charge in [-0.05, 0) is 26.4 Å². The van der Waals surface area contributed by atoms with E-state index < -0.39 is 0 Å². The summed E-state index contributed by atoms with van der Waals surface area (Å²) < 4.78 is 4.40. The second-order valence-corrected chi connectivity index (χ2v) is 2.78. The van der Waals surface area contributed by atoms with Crippen LogP contribution in [0.4, 0.5) is 0 Å². The smallest absolute Gasteiger partial charge is 0.302 e. The van der Waals surface area contributed by atoms with E-state index in [0.29, 0.717) is 6.61 Å². The third-order valence-electron chi connectivity index (χ3n) is 1.53. The number of esters is 1. The Labute approximate surface area is 80.0 Å². The molecule has 1 fully saturated rings. The molecule has 1 aliphatic rings. The third-order valence-corrected chi connectivity index (χ3v) is 1.53. The lowest BCUT2D eigenvalue weighted by molar-refractivity contribution is -0.140. The van der Waals surface area contributed by atoms with Crippen molar-refractivity contribution in [3.8, 4) is 0 Å². The summed E-state index contributed by atoms with van der Waals surface area (Å²) in [6.45, 7) is 8.31. The topological polar surface area (TPSA) is 50.4 Å². The first-order valence-corrected chi connectivity index (χ1v) is 4.82. The second-order valence-electron chi connectivity index (χ2n) is 2.78. The van der Waals surface area contributed by atoms with E-state index in [-0.39, 0.29) is 5.97 Å². The van der Waals surface area contributed by atoms with Crippen LogP contribution in [0.3, 0.4) is 0 Å². The molecule has 0 aliphatic carbocycles. The molecule has 13 heavy (non-hydrogen) atoms. The average molecular weight is 188 g/mol. The van der Waals surface area contributed by atoms with Gasteiger partial charge >= 0.3 is 5.97 Å². The van der Waals surface area contributed by atoms with Crippen LogP contribution in [0.2, 0.25) is 0 Å². The molecule has 0 atom stereocenters. The SMILES string of the molecule is C1CNCCNC1.CCOC(C)=O. The molecule has 4 heteroatoms. The maximum absolute atomic E-state index is 9.82. The summed E-state index contributed by atoms with van der Waals surface area (Å²) in [6.07, 6.45) is 1.28. The molecule has 0 bridgehead atoms. The normalized spacial score (nSPS) is 16.5. The van der Waals surface area contributed by atoms with Crippen molar-refractivity contribution in [1.29, 1.82) is 0 Å². The fourth-order valence-electron chi connectivity index (χ4n) is 0.968. The molecule has 0 amide bonds. The number of carbonyl (C=O) groups is 1. The number of hydrogen-bond acceptors (Lipinski definition) is 4. The number of hydrogen-bond donors (Lipinski definition) is 2. The summed E-state index contributed by atoms with van der Waals surface area (Å²) in [7, 11) is 0. The zero-order valence-electron chi connectivity index (χ0n) is 8.56. The first-order valence-electron chi connectivity index (χ1n) is 4.82. The van der Waals surface area contributed by atoms with E-state index in [1.165, 1.54) is 26.4 Å². The summed E-state index contributed by atoms with van der Waals surface area (Å²) >= 11 is 0. The third kappa shape index (κ3) is 11.4. The van der Waals surface area contributed by atoms with Crippen LogP contribution in [0.15, 0.2) is 0 Å². The van der Waals surface area contributed by atoms with Gasteiger partial charge in [0.05, 0.1) is 6.61 Å². The summed E-state index contributed by atoms with van der Waals surface area (Å²) in [6, 6.07) is 0. The molecule has 0 aromatic carbocycles. The molecule has 0 radical (unpaired) electrons. The van der Waals surface area contributed by atoms with Gasteiger partial charge in [-0.1, -0.05) is 0 Å². The standard InChI is InChI=1S/C5H12N2.C4H8O2/c1-2-6-4-5-7-3-1;1-3-6-4(2)5/h6-7H,1-5H2;3H2,1-2H3. The van der Waals surface area contributed by atoms with E-state index in [1.807, 2.05) is 0 Å². The van der Waals surface area contributed by atoms with E-state index in [0.717, 1.165) is 13.1 Å². The van der Waals surface area contributed by atoms with Crippen LogP contribution in [-0.2, 0) is 9.53 Å². The van der Waals surface area contributed by atoms with Crippen LogP contribution in [0.5, 0.6) is 0 Å². The molecule has 2 N–H and O–H groups in total. The minimum Gasteiger partial charge on any atom is -0.466 e. The molecular formula is C9H20N2O2. The molecular weight excluding hydrogens is 168 g/mol. The van der Waals surface area contributed by atoms with Crippen molar-refractivity contribution in [1.82, 2.24) is 10.6 Å². The van der Waals surface area contributed by atoms with Crippen LogP contribution >= 0.6 is 0 Å². The van der Waals surface area contributed by atoms with Gasteiger partial charge in [0, 0.05) is 20.0 Å². The van der Waals surface area contributed by atoms with Crippen molar-refractivity contribution >= 4 is 5.97 Å². The molecule has 78 valence electrons. The highest BCUT2D eigenvalue weighted by atomic mass is 16.5. The monoisotopic (exact) mass is 188 g/mol. The second kappa shape index (κ2) is 9.48. The Morgan fingerprint density at radius 1 is 1.23 bits per heavy atom. The summed E-state index contributed by atoms with van der Waals surface area (Å²) in [4.78, 5) is 9.82. The van der Waals surface area contributed by atoms with Crippen LogP contribution in [-0.4, -0.2) is 38.8 Å². The van der Waals surface area contributed by atoms with Gasteiger partial charge in [-0.2, -0.15) is 0 Å². The lowest BCUT2D eigenvalue weighted by atomic mass is 10.4. The van der Waals surface area contributed by atoms with Crippen molar-refractivity contribution < 1.29 is 9.53 Å². The molecule has 1 heterocycles. The zero-order chi connectivity index (χ0) is 9.94. The highest BCUT2D eigenvalue weighted by Crippen LogP contribution is 1.75. The molecule has 0 spiro atoms. The molecule has 1 saturated heterocycles. The maximum Gasteiger partial charge on any atom is 0.302 e. The van der Waals surface area contributed by atoms with E-state index in [1.54, 1.807) is 6.92 Å². The minimum absolute atomic E-state index is 0.211. The van der Waals surface area contributed by atoms with E-state index in [9.17, 15) is 4.79 Å². The molecule has 1 aliphatic heterocycles. The molecule has 4 nitrogen and oxygen atoms in total. The van der Waals surface area contributed by atoms with Crippen LogP contribution in [0.1, 0.15) is 20.3 Å². The Bertz CT molecular complexity index is 109. The quantitative estimate of drug-likeness (QED) is 0.575. The predicted octanol–water partition coefficient (Wildman–Crippen LogP) is 0.139. The Kier molecular flexibility index (Phi) is 9.03. The zero-order valence-corrected chi connectivity index (χ0v) is 8.56. The van der Waals surface area contributed by atoms with Gasteiger partial charge < -0.3 is 15.4 Å². The van der Waals surface area contributed by atoms with Crippen molar-refractivity contribution in [2.75, 3.05) is 32.8 Å². The van der Waals surface area contributed by atoms with Crippen molar-refractivity contribution in [3.63, 3.8) is 0 Å². The van der Waals surface area contributed by atoms with Gasteiger partial charge in [-0.15, -0.1) is 0 Å². The van der Waals surface area contributed by atoms with Crippen molar-refractivity contribution in [3.05, 3.63) is 0 Å². The van der Waals surface area contributed by atoms with E-state index in [2.05, 4.69) is 15.4 Å². The fourth-order valence-corrected chi connectivity index (χ4v) is 0.968. The highest BCUT2D eigenvalue weighted by Gasteiger charge is 1.92. The molecule has 0 aromatic rings. The van der Waals surface area contributed by atoms with Gasteiger partial charge in [0.15, 0.2) is 0 Å². The number of ether oxygens (including phenoxy) is 1. The lowest BCUT2D eigenvalue weighted by Gasteiger charge is -1.92.